The first kappa shape index (κ1) is 19.0. The van der Waals surface area contributed by atoms with Crippen molar-refractivity contribution in [1.82, 2.24) is 4.98 Å². The van der Waals surface area contributed by atoms with Crippen LogP contribution in [0.5, 0.6) is 0 Å². The maximum atomic E-state index is 13.1. The minimum atomic E-state index is -1.25. The fourth-order valence-electron chi connectivity index (χ4n) is 3.23. The van der Waals surface area contributed by atoms with Gasteiger partial charge < -0.3 is 10.2 Å². The number of thiazole rings is 1. The largest absolute Gasteiger partial charge is 0.313 e. The van der Waals surface area contributed by atoms with Gasteiger partial charge in [-0.25, -0.2) is 4.98 Å². The summed E-state index contributed by atoms with van der Waals surface area (Å²) in [4.78, 5) is 33.0. The molecular formula is C21H21N3O2S2. The van der Waals surface area contributed by atoms with E-state index in [1.807, 2.05) is 30.3 Å². The average molecular weight is 412 g/mol. The zero-order valence-electron chi connectivity index (χ0n) is 16.1. The van der Waals surface area contributed by atoms with Crippen LogP contribution in [0.1, 0.15) is 32.3 Å². The minimum Gasteiger partial charge on any atom is -0.313 e. The van der Waals surface area contributed by atoms with Gasteiger partial charge in [0.05, 0.1) is 15.9 Å². The van der Waals surface area contributed by atoms with Crippen molar-refractivity contribution in [2.45, 2.75) is 36.3 Å². The molecule has 28 heavy (non-hydrogen) atoms. The highest BCUT2D eigenvalue weighted by Crippen LogP contribution is 2.45. The van der Waals surface area contributed by atoms with Crippen molar-refractivity contribution < 1.29 is 9.59 Å². The van der Waals surface area contributed by atoms with Gasteiger partial charge in [-0.3, -0.25) is 9.59 Å². The first-order valence-electron chi connectivity index (χ1n) is 9.08. The number of hydrogen-bond acceptors (Lipinski definition) is 5. The van der Waals surface area contributed by atoms with Crippen LogP contribution in [0.4, 0.5) is 10.8 Å². The molecule has 0 saturated carbocycles. The Morgan fingerprint density at radius 2 is 1.96 bits per heavy atom. The quantitative estimate of drug-likeness (QED) is 0.624. The van der Waals surface area contributed by atoms with E-state index in [4.69, 9.17) is 0 Å². The number of hydrogen-bond donors (Lipinski definition) is 1. The molecule has 0 fully saturated rings. The Kier molecular flexibility index (Phi) is 4.67. The molecule has 0 spiro atoms. The van der Waals surface area contributed by atoms with E-state index in [0.29, 0.717) is 11.0 Å². The molecule has 2 aromatic carbocycles. The highest BCUT2D eigenvalue weighted by atomic mass is 32.2. The van der Waals surface area contributed by atoms with Crippen molar-refractivity contribution in [3.05, 3.63) is 48.0 Å². The van der Waals surface area contributed by atoms with Gasteiger partial charge in [0.25, 0.3) is 11.8 Å². The monoisotopic (exact) mass is 411 g/mol. The summed E-state index contributed by atoms with van der Waals surface area (Å²) in [6.07, 6.45) is 0. The predicted octanol–water partition coefficient (Wildman–Crippen LogP) is 4.89. The van der Waals surface area contributed by atoms with Gasteiger partial charge >= 0.3 is 0 Å². The maximum Gasteiger partial charge on any atom is 0.252 e. The fraction of sp³-hybridized carbons (Fsp3) is 0.286. The van der Waals surface area contributed by atoms with E-state index in [1.165, 1.54) is 28.7 Å². The molecule has 0 bridgehead atoms. The lowest BCUT2D eigenvalue weighted by Gasteiger charge is -2.36. The molecule has 0 aliphatic carbocycles. The molecule has 3 aromatic rings. The number of aromatic nitrogens is 1. The number of carbonyl (C=O) groups is 2. The zero-order valence-corrected chi connectivity index (χ0v) is 17.8. The molecule has 1 unspecified atom stereocenters. The minimum absolute atomic E-state index is 0.239. The molecule has 1 atom stereocenters. The molecule has 2 amide bonds. The summed E-state index contributed by atoms with van der Waals surface area (Å²) in [6.45, 7) is 5.96. The Morgan fingerprint density at radius 3 is 2.71 bits per heavy atom. The van der Waals surface area contributed by atoms with Gasteiger partial charge in [-0.1, -0.05) is 55.1 Å². The van der Waals surface area contributed by atoms with Crippen LogP contribution in [0.3, 0.4) is 0 Å². The number of nitrogens with zero attached hydrogens (tertiary/aromatic N) is 2. The van der Waals surface area contributed by atoms with E-state index in [-0.39, 0.29) is 11.8 Å². The molecule has 144 valence electrons. The van der Waals surface area contributed by atoms with E-state index < -0.39 is 4.75 Å². The van der Waals surface area contributed by atoms with E-state index in [0.717, 1.165) is 20.8 Å². The lowest BCUT2D eigenvalue weighted by molar-refractivity contribution is -0.128. The second-order valence-electron chi connectivity index (χ2n) is 7.32. The van der Waals surface area contributed by atoms with Gasteiger partial charge in [0.1, 0.15) is 0 Å². The second kappa shape index (κ2) is 6.90. The molecule has 1 N–H and O–H groups in total. The van der Waals surface area contributed by atoms with Crippen LogP contribution >= 0.6 is 23.1 Å². The SMILES string of the molecule is CC(C)c1ccc2nc(NC(=O)C3(C)Sc4ccccc4N(C)C3=O)sc2c1. The van der Waals surface area contributed by atoms with Crippen LogP contribution in [0, 0.1) is 0 Å². The lowest BCUT2D eigenvalue weighted by Crippen LogP contribution is -2.53. The summed E-state index contributed by atoms with van der Waals surface area (Å²) in [7, 11) is 1.71. The number of rotatable bonds is 3. The first-order chi connectivity index (χ1) is 13.3. The maximum absolute atomic E-state index is 13.1. The summed E-state index contributed by atoms with van der Waals surface area (Å²) in [5, 5.41) is 3.38. The van der Waals surface area contributed by atoms with E-state index in [9.17, 15) is 9.59 Å². The van der Waals surface area contributed by atoms with Crippen molar-refractivity contribution in [1.29, 1.82) is 0 Å². The third-order valence-corrected chi connectivity index (χ3v) is 7.25. The highest BCUT2D eigenvalue weighted by molar-refractivity contribution is 8.02. The van der Waals surface area contributed by atoms with E-state index in [1.54, 1.807) is 18.9 Å². The topological polar surface area (TPSA) is 62.3 Å². The molecule has 1 aliphatic rings. The van der Waals surface area contributed by atoms with Crippen molar-refractivity contribution in [3.63, 3.8) is 0 Å². The number of nitrogens with one attached hydrogen (secondary N) is 1. The standard InChI is InChI=1S/C21H21N3O2S2/c1-12(2)13-9-10-14-17(11-13)27-20(22-14)23-18(25)21(3)19(26)24(4)15-7-5-6-8-16(15)28-21/h5-12H,1-4H3,(H,22,23,25). The number of carbonyl (C=O) groups excluding carboxylic acids is 2. The second-order valence-corrected chi connectivity index (χ2v) is 9.81. The Bertz CT molecular complexity index is 1090. The van der Waals surface area contributed by atoms with Crippen LogP contribution in [-0.2, 0) is 9.59 Å². The number of fused-ring (bicyclic) bond motifs is 2. The molecule has 5 nitrogen and oxygen atoms in total. The summed E-state index contributed by atoms with van der Waals surface area (Å²) in [6, 6.07) is 13.8. The van der Waals surface area contributed by atoms with E-state index in [2.05, 4.69) is 36.3 Å². The average Bonchev–Trinajstić information content (AvgIpc) is 3.07. The van der Waals surface area contributed by atoms with E-state index >= 15 is 0 Å². The number of benzene rings is 2. The van der Waals surface area contributed by atoms with Crippen molar-refractivity contribution in [3.8, 4) is 0 Å². The molecule has 1 aromatic heterocycles. The Hall–Kier alpha value is -2.38. The molecule has 2 heterocycles. The Balaban J connectivity index is 1.63. The van der Waals surface area contributed by atoms with Crippen LogP contribution in [0.25, 0.3) is 10.2 Å². The fourth-order valence-corrected chi connectivity index (χ4v) is 5.40. The van der Waals surface area contributed by atoms with Gasteiger partial charge in [-0.15, -0.1) is 0 Å². The number of para-hydroxylation sites is 1. The molecule has 1 aliphatic heterocycles. The molecule has 0 radical (unpaired) electrons. The molecule has 4 rings (SSSR count). The molecule has 7 heteroatoms. The summed E-state index contributed by atoms with van der Waals surface area (Å²) in [5.41, 5.74) is 2.90. The van der Waals surface area contributed by atoms with Crippen LogP contribution in [-0.4, -0.2) is 28.6 Å². The normalized spacial score (nSPS) is 19.2. The zero-order chi connectivity index (χ0) is 20.1. The first-order valence-corrected chi connectivity index (χ1v) is 10.7. The third-order valence-electron chi connectivity index (χ3n) is 4.99. The highest BCUT2D eigenvalue weighted by Gasteiger charge is 2.48. The van der Waals surface area contributed by atoms with Crippen LogP contribution < -0.4 is 10.2 Å². The number of amides is 2. The molecule has 0 saturated heterocycles. The van der Waals surface area contributed by atoms with Gasteiger partial charge in [0.15, 0.2) is 9.88 Å². The number of anilines is 2. The van der Waals surface area contributed by atoms with Gasteiger partial charge in [-0.05, 0) is 42.7 Å². The van der Waals surface area contributed by atoms with Gasteiger partial charge in [0, 0.05) is 11.9 Å². The van der Waals surface area contributed by atoms with Gasteiger partial charge in [0.2, 0.25) is 0 Å². The smallest absolute Gasteiger partial charge is 0.252 e. The molecular weight excluding hydrogens is 390 g/mol. The van der Waals surface area contributed by atoms with Crippen LogP contribution in [0.15, 0.2) is 47.4 Å². The van der Waals surface area contributed by atoms with Crippen molar-refractivity contribution in [2.24, 2.45) is 0 Å². The summed E-state index contributed by atoms with van der Waals surface area (Å²) < 4.78 is -0.221. The summed E-state index contributed by atoms with van der Waals surface area (Å²) in [5.74, 6) is -0.167. The van der Waals surface area contributed by atoms with Gasteiger partial charge in [-0.2, -0.15) is 0 Å². The van der Waals surface area contributed by atoms with Crippen molar-refractivity contribution in [2.75, 3.05) is 17.3 Å². The van der Waals surface area contributed by atoms with Crippen molar-refractivity contribution >= 4 is 55.9 Å². The van der Waals surface area contributed by atoms with Crippen LogP contribution in [0.2, 0.25) is 0 Å². The predicted molar refractivity (Wildman–Crippen MR) is 116 cm³/mol. The Morgan fingerprint density at radius 1 is 1.21 bits per heavy atom. The lowest BCUT2D eigenvalue weighted by atomic mass is 10.0. The Labute approximate surface area is 172 Å². The third kappa shape index (κ3) is 3.08. The number of thioether (sulfide) groups is 1. The summed E-state index contributed by atoms with van der Waals surface area (Å²) >= 11 is 2.72.